The maximum atomic E-state index is 13.2. The molecule has 0 heterocycles. The van der Waals surface area contributed by atoms with Crippen molar-refractivity contribution in [1.82, 2.24) is 0 Å². The molecule has 2 rings (SSSR count). The van der Waals surface area contributed by atoms with E-state index in [1.165, 1.54) is 12.1 Å². The number of carboxylic acids is 1. The Kier molecular flexibility index (Phi) is 2.86. The smallest absolute Gasteiger partial charge is 0.326 e. The largest absolute Gasteiger partial charge is 0.480 e. The summed E-state index contributed by atoms with van der Waals surface area (Å²) in [5.41, 5.74) is -1.82. The van der Waals surface area contributed by atoms with Gasteiger partial charge in [0.15, 0.2) is 15.3 Å². The molecule has 1 N–H and O–H groups in total. The minimum absolute atomic E-state index is 0.208. The number of benzene rings is 1. The van der Waals surface area contributed by atoms with Gasteiger partial charge in [-0.3, -0.25) is 4.79 Å². The van der Waals surface area contributed by atoms with Gasteiger partial charge in [-0.25, -0.2) is 12.8 Å². The van der Waals surface area contributed by atoms with Gasteiger partial charge in [-0.1, -0.05) is 12.1 Å². The van der Waals surface area contributed by atoms with Crippen LogP contribution in [0.2, 0.25) is 0 Å². The zero-order chi connectivity index (χ0) is 14.4. The first-order valence-electron chi connectivity index (χ1n) is 5.34. The maximum Gasteiger partial charge on any atom is 0.326 e. The topological polar surface area (TPSA) is 95.2 Å². The molecule has 0 saturated heterocycles. The molecule has 0 amide bonds. The number of aliphatic carboxylic acids is 1. The van der Waals surface area contributed by atoms with Gasteiger partial charge in [-0.05, 0) is 17.7 Å². The first-order valence-corrected chi connectivity index (χ1v) is 7.29. The molecular weight excluding hydrogens is 273 g/mol. The fraction of sp³-hybridized carbons (Fsp3) is 0.333. The summed E-state index contributed by atoms with van der Waals surface area (Å²) in [6.45, 7) is 0. The van der Waals surface area contributed by atoms with Crippen molar-refractivity contribution in [2.45, 2.75) is 11.2 Å². The van der Waals surface area contributed by atoms with Crippen LogP contribution in [0.3, 0.4) is 0 Å². The fourth-order valence-corrected chi connectivity index (χ4v) is 4.28. The number of carboxylic acid groups (broad SMARTS) is 1. The molecule has 0 aliphatic heterocycles. The summed E-state index contributed by atoms with van der Waals surface area (Å²) in [5.74, 6) is -3.14. The van der Waals surface area contributed by atoms with E-state index in [-0.39, 0.29) is 5.56 Å². The molecule has 1 saturated carbocycles. The van der Waals surface area contributed by atoms with E-state index < -0.39 is 38.2 Å². The Bertz CT molecular complexity index is 694. The molecule has 100 valence electrons. The monoisotopic (exact) mass is 283 g/mol. The van der Waals surface area contributed by atoms with Crippen molar-refractivity contribution in [2.75, 3.05) is 6.26 Å². The van der Waals surface area contributed by atoms with Crippen LogP contribution in [0.4, 0.5) is 4.39 Å². The van der Waals surface area contributed by atoms with Gasteiger partial charge in [0.25, 0.3) is 0 Å². The van der Waals surface area contributed by atoms with Gasteiger partial charge < -0.3 is 5.11 Å². The summed E-state index contributed by atoms with van der Waals surface area (Å²) >= 11 is 0. The lowest BCUT2D eigenvalue weighted by molar-refractivity contribution is -0.141. The molecule has 5 nitrogen and oxygen atoms in total. The Hall–Kier alpha value is -1.94. The highest BCUT2D eigenvalue weighted by molar-refractivity contribution is 7.91. The number of nitriles is 1. The van der Waals surface area contributed by atoms with E-state index in [1.54, 1.807) is 6.07 Å². The zero-order valence-corrected chi connectivity index (χ0v) is 10.7. The molecule has 1 aromatic carbocycles. The summed E-state index contributed by atoms with van der Waals surface area (Å²) in [6, 6.07) is 6.58. The second-order valence-electron chi connectivity index (χ2n) is 4.57. The minimum Gasteiger partial charge on any atom is -0.480 e. The van der Waals surface area contributed by atoms with Gasteiger partial charge in [-0.2, -0.15) is 5.26 Å². The van der Waals surface area contributed by atoms with E-state index in [2.05, 4.69) is 0 Å². The molecule has 0 unspecified atom stereocenters. The highest BCUT2D eigenvalue weighted by atomic mass is 32.2. The Morgan fingerprint density at radius 3 is 2.53 bits per heavy atom. The van der Waals surface area contributed by atoms with Crippen LogP contribution in [0.25, 0.3) is 0 Å². The molecular formula is C12H10FNO4S. The lowest BCUT2D eigenvalue weighted by Gasteiger charge is -2.01. The standard InChI is InChI=1S/C12H10FNO4S/c1-19(17,18)10-9(12(10,6-14)11(15)16)7-3-2-4-8(13)5-7/h2-5,9-10H,1H3,(H,15,16)/t9-,10+,12-/m0/s1. The number of nitrogens with zero attached hydrogens (tertiary/aromatic N) is 1. The summed E-state index contributed by atoms with van der Waals surface area (Å²) in [7, 11) is -3.73. The maximum absolute atomic E-state index is 13.2. The van der Waals surface area contributed by atoms with Gasteiger partial charge in [0.2, 0.25) is 0 Å². The van der Waals surface area contributed by atoms with Crippen LogP contribution in [0.1, 0.15) is 11.5 Å². The fourth-order valence-electron chi connectivity index (χ4n) is 2.51. The molecule has 0 radical (unpaired) electrons. The average Bonchev–Trinajstić information content (AvgIpc) is 2.99. The van der Waals surface area contributed by atoms with Crippen molar-refractivity contribution in [1.29, 1.82) is 5.26 Å². The van der Waals surface area contributed by atoms with Gasteiger partial charge in [-0.15, -0.1) is 0 Å². The minimum atomic E-state index is -3.73. The normalized spacial score (nSPS) is 29.5. The van der Waals surface area contributed by atoms with E-state index in [9.17, 15) is 17.6 Å². The van der Waals surface area contributed by atoms with Gasteiger partial charge in [0.05, 0.1) is 6.07 Å². The SMILES string of the molecule is CS(=O)(=O)[C@@H]1[C@H](c2cccc(F)c2)[C@]1(C#N)C(=O)O. The second kappa shape index (κ2) is 4.03. The third kappa shape index (κ3) is 1.88. The first-order chi connectivity index (χ1) is 8.75. The summed E-state index contributed by atoms with van der Waals surface area (Å²) < 4.78 is 36.4. The van der Waals surface area contributed by atoms with Crippen LogP contribution in [0.15, 0.2) is 24.3 Å². The average molecular weight is 283 g/mol. The number of sulfone groups is 1. The molecule has 3 atom stereocenters. The van der Waals surface area contributed by atoms with E-state index in [1.807, 2.05) is 0 Å². The molecule has 0 spiro atoms. The Morgan fingerprint density at radius 2 is 2.16 bits per heavy atom. The van der Waals surface area contributed by atoms with Crippen molar-refractivity contribution in [3.05, 3.63) is 35.6 Å². The van der Waals surface area contributed by atoms with Crippen LogP contribution in [-0.2, 0) is 14.6 Å². The number of hydrogen-bond donors (Lipinski definition) is 1. The van der Waals surface area contributed by atoms with Crippen LogP contribution in [0, 0.1) is 22.6 Å². The van der Waals surface area contributed by atoms with Crippen LogP contribution in [-0.4, -0.2) is 31.0 Å². The van der Waals surface area contributed by atoms with Crippen molar-refractivity contribution >= 4 is 15.8 Å². The molecule has 0 aromatic heterocycles. The Labute approximate surface area is 109 Å². The molecule has 1 aromatic rings. The number of hydrogen-bond acceptors (Lipinski definition) is 4. The lowest BCUT2D eigenvalue weighted by Crippen LogP contribution is -2.21. The van der Waals surface area contributed by atoms with Gasteiger partial charge in [0.1, 0.15) is 11.1 Å². The van der Waals surface area contributed by atoms with Crippen LogP contribution >= 0.6 is 0 Å². The molecule has 0 bridgehead atoms. The Balaban J connectivity index is 2.58. The lowest BCUT2D eigenvalue weighted by atomic mass is 10.0. The number of rotatable bonds is 3. The Morgan fingerprint density at radius 1 is 1.53 bits per heavy atom. The molecule has 1 aliphatic carbocycles. The van der Waals surface area contributed by atoms with E-state index in [0.717, 1.165) is 18.4 Å². The van der Waals surface area contributed by atoms with Crippen LogP contribution < -0.4 is 0 Å². The van der Waals surface area contributed by atoms with Crippen molar-refractivity contribution in [2.24, 2.45) is 5.41 Å². The highest BCUT2D eigenvalue weighted by Crippen LogP contribution is 2.62. The summed E-state index contributed by atoms with van der Waals surface area (Å²) in [5, 5.41) is 16.9. The summed E-state index contributed by atoms with van der Waals surface area (Å²) in [4.78, 5) is 11.3. The van der Waals surface area contributed by atoms with Crippen molar-refractivity contribution < 1.29 is 22.7 Å². The zero-order valence-electron chi connectivity index (χ0n) is 9.87. The van der Waals surface area contributed by atoms with E-state index in [0.29, 0.717) is 0 Å². The second-order valence-corrected chi connectivity index (χ2v) is 6.74. The predicted octanol–water partition coefficient (Wildman–Crippen LogP) is 0.931. The number of halogens is 1. The van der Waals surface area contributed by atoms with E-state index in [4.69, 9.17) is 10.4 Å². The summed E-state index contributed by atoms with van der Waals surface area (Å²) in [6.07, 6.45) is 0.881. The third-order valence-electron chi connectivity index (χ3n) is 3.34. The molecule has 1 fully saturated rings. The molecule has 1 aliphatic rings. The highest BCUT2D eigenvalue weighted by Gasteiger charge is 2.76. The first kappa shape index (κ1) is 13.5. The molecule has 7 heteroatoms. The van der Waals surface area contributed by atoms with E-state index >= 15 is 0 Å². The van der Waals surface area contributed by atoms with Crippen LogP contribution in [0.5, 0.6) is 0 Å². The predicted molar refractivity (Wildman–Crippen MR) is 63.5 cm³/mol. The quantitative estimate of drug-likeness (QED) is 0.890. The van der Waals surface area contributed by atoms with Gasteiger partial charge in [0, 0.05) is 12.2 Å². The number of carbonyl (C=O) groups is 1. The molecule has 19 heavy (non-hydrogen) atoms. The third-order valence-corrected chi connectivity index (χ3v) is 4.91. The van der Waals surface area contributed by atoms with Crippen molar-refractivity contribution in [3.8, 4) is 6.07 Å². The van der Waals surface area contributed by atoms with Gasteiger partial charge >= 0.3 is 5.97 Å². The van der Waals surface area contributed by atoms with Crippen molar-refractivity contribution in [3.63, 3.8) is 0 Å².